The molecule has 0 bridgehead atoms. The zero-order valence-electron chi connectivity index (χ0n) is 11.9. The van der Waals surface area contributed by atoms with Crippen LogP contribution < -0.4 is 10.1 Å². The van der Waals surface area contributed by atoms with Gasteiger partial charge in [0.1, 0.15) is 0 Å². The summed E-state index contributed by atoms with van der Waals surface area (Å²) in [5.74, 6) is 0.912. The Morgan fingerprint density at radius 3 is 2.50 bits per heavy atom. The number of ether oxygens (including phenoxy) is 1. The van der Waals surface area contributed by atoms with E-state index in [0.29, 0.717) is 18.5 Å². The fourth-order valence-electron chi connectivity index (χ4n) is 1.69. The molecule has 0 saturated carbocycles. The van der Waals surface area contributed by atoms with Crippen LogP contribution in [0, 0.1) is 13.8 Å². The van der Waals surface area contributed by atoms with Gasteiger partial charge in [-0.05, 0) is 43.6 Å². The van der Waals surface area contributed by atoms with Gasteiger partial charge in [-0.15, -0.1) is 0 Å². The summed E-state index contributed by atoms with van der Waals surface area (Å²) in [5, 5.41) is 7.48. The molecule has 0 amide bonds. The summed E-state index contributed by atoms with van der Waals surface area (Å²) in [4.78, 5) is 12.8. The van der Waals surface area contributed by atoms with E-state index < -0.39 is 0 Å². The fraction of sp³-hybridized carbons (Fsp3) is 0.500. The molecule has 8 heteroatoms. The first-order chi connectivity index (χ1) is 9.56. The van der Waals surface area contributed by atoms with Crippen molar-refractivity contribution in [1.82, 2.24) is 24.7 Å². The van der Waals surface area contributed by atoms with Gasteiger partial charge in [0.25, 0.3) is 5.95 Å². The molecular formula is C12H17BrN6O. The van der Waals surface area contributed by atoms with Gasteiger partial charge in [0.15, 0.2) is 0 Å². The molecule has 7 nitrogen and oxygen atoms in total. The smallest absolute Gasteiger partial charge is 0.323 e. The third-order valence-electron chi connectivity index (χ3n) is 2.60. The minimum Gasteiger partial charge on any atom is -0.464 e. The second kappa shape index (κ2) is 6.17. The lowest BCUT2D eigenvalue weighted by molar-refractivity contribution is 0.311. The molecule has 20 heavy (non-hydrogen) atoms. The van der Waals surface area contributed by atoms with E-state index >= 15 is 0 Å². The lowest BCUT2D eigenvalue weighted by atomic mass is 10.4. The van der Waals surface area contributed by atoms with E-state index in [9.17, 15) is 0 Å². The number of rotatable bonds is 5. The molecule has 0 spiro atoms. The largest absolute Gasteiger partial charge is 0.464 e. The maximum atomic E-state index is 5.38. The van der Waals surface area contributed by atoms with Crippen LogP contribution in [0.1, 0.15) is 25.2 Å². The van der Waals surface area contributed by atoms with E-state index in [1.807, 2.05) is 27.7 Å². The molecule has 1 N–H and O–H groups in total. The highest BCUT2D eigenvalue weighted by atomic mass is 79.9. The molecule has 0 fully saturated rings. The number of aryl methyl sites for hydroxylation is 1. The third-order valence-corrected chi connectivity index (χ3v) is 3.75. The molecule has 0 aliphatic carbocycles. The highest BCUT2D eigenvalue weighted by Crippen LogP contribution is 2.22. The molecule has 2 aromatic heterocycles. The van der Waals surface area contributed by atoms with E-state index in [0.717, 1.165) is 22.4 Å². The number of halogens is 1. The first-order valence-electron chi connectivity index (χ1n) is 6.41. The topological polar surface area (TPSA) is 77.8 Å². The van der Waals surface area contributed by atoms with Crippen molar-refractivity contribution in [3.63, 3.8) is 0 Å². The van der Waals surface area contributed by atoms with Crippen LogP contribution >= 0.6 is 15.9 Å². The molecule has 2 rings (SSSR count). The molecule has 2 aromatic rings. The molecule has 108 valence electrons. The molecule has 2 heterocycles. The Hall–Kier alpha value is -1.70. The molecular weight excluding hydrogens is 324 g/mol. The van der Waals surface area contributed by atoms with Gasteiger partial charge in [-0.3, -0.25) is 0 Å². The summed E-state index contributed by atoms with van der Waals surface area (Å²) in [5.41, 5.74) is 1.81. The summed E-state index contributed by atoms with van der Waals surface area (Å²) < 4.78 is 7.99. The Morgan fingerprint density at radius 2 is 1.95 bits per heavy atom. The predicted octanol–water partition coefficient (Wildman–Crippen LogP) is 2.27. The number of hydrogen-bond donors (Lipinski definition) is 1. The fourth-order valence-corrected chi connectivity index (χ4v) is 1.94. The zero-order valence-corrected chi connectivity index (χ0v) is 13.5. The molecule has 0 unspecified atom stereocenters. The van der Waals surface area contributed by atoms with Crippen LogP contribution in [0.5, 0.6) is 6.01 Å². The van der Waals surface area contributed by atoms with Crippen LogP contribution in [-0.4, -0.2) is 37.9 Å². The number of anilines is 1. The third kappa shape index (κ3) is 2.90. The lowest BCUT2D eigenvalue weighted by Crippen LogP contribution is -2.12. The normalized spacial score (nSPS) is 10.7. The lowest BCUT2D eigenvalue weighted by Gasteiger charge is -2.08. The molecule has 0 aromatic carbocycles. The number of aromatic nitrogens is 5. The van der Waals surface area contributed by atoms with Crippen molar-refractivity contribution in [3.8, 4) is 12.0 Å². The van der Waals surface area contributed by atoms with E-state index in [1.54, 1.807) is 4.68 Å². The van der Waals surface area contributed by atoms with Crippen molar-refractivity contribution >= 4 is 21.9 Å². The van der Waals surface area contributed by atoms with Crippen molar-refractivity contribution in [3.05, 3.63) is 15.9 Å². The van der Waals surface area contributed by atoms with Crippen LogP contribution in [0.4, 0.5) is 5.95 Å². The predicted molar refractivity (Wildman–Crippen MR) is 79.5 cm³/mol. The number of hydrogen-bond acceptors (Lipinski definition) is 6. The maximum Gasteiger partial charge on any atom is 0.323 e. The Labute approximate surface area is 125 Å². The van der Waals surface area contributed by atoms with Crippen LogP contribution in [0.25, 0.3) is 5.95 Å². The molecule has 0 radical (unpaired) electrons. The monoisotopic (exact) mass is 340 g/mol. The summed E-state index contributed by atoms with van der Waals surface area (Å²) in [6.07, 6.45) is 0. The van der Waals surface area contributed by atoms with Gasteiger partial charge in [-0.1, -0.05) is 0 Å². The quantitative estimate of drug-likeness (QED) is 0.899. The van der Waals surface area contributed by atoms with Gasteiger partial charge in [0.05, 0.1) is 22.5 Å². The molecule has 0 aliphatic heterocycles. The van der Waals surface area contributed by atoms with Crippen molar-refractivity contribution < 1.29 is 4.74 Å². The highest BCUT2D eigenvalue weighted by Gasteiger charge is 2.15. The minimum absolute atomic E-state index is 0.289. The maximum absolute atomic E-state index is 5.38. The summed E-state index contributed by atoms with van der Waals surface area (Å²) in [7, 11) is 0. The standard InChI is InChI=1S/C12H17BrN6O/c1-5-14-10-15-11(17-12(16-10)20-6-2)19-8(4)9(13)7(3)18-19/h5-6H2,1-4H3,(H,14,15,16,17). The van der Waals surface area contributed by atoms with E-state index in [-0.39, 0.29) is 6.01 Å². The van der Waals surface area contributed by atoms with Crippen LogP contribution in [0.2, 0.25) is 0 Å². The molecule has 0 aliphatic rings. The van der Waals surface area contributed by atoms with Gasteiger partial charge in [-0.2, -0.15) is 20.1 Å². The summed E-state index contributed by atoms with van der Waals surface area (Å²) >= 11 is 3.49. The summed E-state index contributed by atoms with van der Waals surface area (Å²) in [6.45, 7) is 8.94. The molecule has 0 atom stereocenters. The van der Waals surface area contributed by atoms with E-state index in [2.05, 4.69) is 41.3 Å². The van der Waals surface area contributed by atoms with Crippen molar-refractivity contribution in [2.75, 3.05) is 18.5 Å². The van der Waals surface area contributed by atoms with Crippen LogP contribution in [0.15, 0.2) is 4.47 Å². The average Bonchev–Trinajstić information content (AvgIpc) is 2.67. The van der Waals surface area contributed by atoms with Gasteiger partial charge in [-0.25, -0.2) is 4.68 Å². The van der Waals surface area contributed by atoms with Crippen molar-refractivity contribution in [2.24, 2.45) is 0 Å². The first-order valence-corrected chi connectivity index (χ1v) is 7.21. The van der Waals surface area contributed by atoms with E-state index in [4.69, 9.17) is 4.74 Å². The Balaban J connectivity index is 2.51. The minimum atomic E-state index is 0.289. The summed E-state index contributed by atoms with van der Waals surface area (Å²) in [6, 6.07) is 0.289. The van der Waals surface area contributed by atoms with Crippen molar-refractivity contribution in [1.29, 1.82) is 0 Å². The van der Waals surface area contributed by atoms with Crippen LogP contribution in [0.3, 0.4) is 0 Å². The second-order valence-electron chi connectivity index (χ2n) is 4.10. The Kier molecular flexibility index (Phi) is 4.53. The van der Waals surface area contributed by atoms with Gasteiger partial charge < -0.3 is 10.1 Å². The molecule has 0 saturated heterocycles. The highest BCUT2D eigenvalue weighted by molar-refractivity contribution is 9.10. The Bertz CT molecular complexity index is 588. The zero-order chi connectivity index (χ0) is 14.7. The number of nitrogens with zero attached hydrogens (tertiary/aromatic N) is 5. The first kappa shape index (κ1) is 14.7. The van der Waals surface area contributed by atoms with Gasteiger partial charge in [0, 0.05) is 6.54 Å². The van der Waals surface area contributed by atoms with Gasteiger partial charge in [0.2, 0.25) is 5.95 Å². The van der Waals surface area contributed by atoms with E-state index in [1.165, 1.54) is 0 Å². The average molecular weight is 341 g/mol. The van der Waals surface area contributed by atoms with Crippen molar-refractivity contribution in [2.45, 2.75) is 27.7 Å². The van der Waals surface area contributed by atoms with Gasteiger partial charge >= 0.3 is 6.01 Å². The SMILES string of the molecule is CCNc1nc(OCC)nc(-n2nc(C)c(Br)c2C)n1. The number of nitrogens with one attached hydrogen (secondary N) is 1. The van der Waals surface area contributed by atoms with Crippen LogP contribution in [-0.2, 0) is 0 Å². The Morgan fingerprint density at radius 1 is 1.20 bits per heavy atom. The second-order valence-corrected chi connectivity index (χ2v) is 4.89.